The monoisotopic (exact) mass is 202 g/mol. The minimum Gasteiger partial charge on any atom is -0.508 e. The highest BCUT2D eigenvalue weighted by atomic mass is 19.3. The van der Waals surface area contributed by atoms with E-state index in [0.717, 1.165) is 6.07 Å². The predicted molar refractivity (Wildman–Crippen MR) is 48.3 cm³/mol. The van der Waals surface area contributed by atoms with Gasteiger partial charge in [0.2, 0.25) is 0 Å². The molecule has 78 valence electrons. The summed E-state index contributed by atoms with van der Waals surface area (Å²) in [5.74, 6) is -0.310. The van der Waals surface area contributed by atoms with E-state index in [1.807, 2.05) is 0 Å². The van der Waals surface area contributed by atoms with Gasteiger partial charge in [0.1, 0.15) is 5.75 Å². The van der Waals surface area contributed by atoms with E-state index in [-0.39, 0.29) is 16.9 Å². The molecule has 0 saturated carbocycles. The second kappa shape index (κ2) is 3.53. The Balaban J connectivity index is 3.15. The molecule has 0 aliphatic rings. The number of aliphatic hydroxyl groups is 1. The Bertz CT molecular complexity index is 329. The Morgan fingerprint density at radius 1 is 1.29 bits per heavy atom. The molecule has 2 nitrogen and oxygen atoms in total. The van der Waals surface area contributed by atoms with Crippen LogP contribution < -0.4 is 0 Å². The number of halogens is 2. The fraction of sp³-hybridized carbons (Fsp3) is 0.400. The number of hydrogen-bond acceptors (Lipinski definition) is 2. The average molecular weight is 202 g/mol. The van der Waals surface area contributed by atoms with Crippen molar-refractivity contribution in [2.24, 2.45) is 0 Å². The lowest BCUT2D eigenvalue weighted by Crippen LogP contribution is -2.15. The molecule has 0 radical (unpaired) electrons. The molecule has 2 N–H and O–H groups in total. The lowest BCUT2D eigenvalue weighted by atomic mass is 9.96. The largest absolute Gasteiger partial charge is 0.508 e. The molecule has 0 atom stereocenters. The molecular weight excluding hydrogens is 190 g/mol. The zero-order valence-corrected chi connectivity index (χ0v) is 7.96. The van der Waals surface area contributed by atoms with Crippen molar-refractivity contribution in [2.75, 3.05) is 0 Å². The summed E-state index contributed by atoms with van der Waals surface area (Å²) in [4.78, 5) is 0. The van der Waals surface area contributed by atoms with Gasteiger partial charge in [0.15, 0.2) is 0 Å². The third-order valence-electron chi connectivity index (χ3n) is 1.93. The average Bonchev–Trinajstić information content (AvgIpc) is 2.01. The maximum Gasteiger partial charge on any atom is 0.263 e. The Hall–Kier alpha value is -1.16. The van der Waals surface area contributed by atoms with Crippen LogP contribution in [0.4, 0.5) is 8.78 Å². The molecule has 14 heavy (non-hydrogen) atoms. The van der Waals surface area contributed by atoms with E-state index in [9.17, 15) is 19.0 Å². The van der Waals surface area contributed by atoms with Crippen LogP contribution in [0.3, 0.4) is 0 Å². The number of alkyl halides is 2. The van der Waals surface area contributed by atoms with Crippen LogP contribution in [0.5, 0.6) is 5.75 Å². The maximum atomic E-state index is 12.2. The minimum absolute atomic E-state index is 0.238. The fourth-order valence-electron chi connectivity index (χ4n) is 1.20. The molecule has 0 spiro atoms. The fourth-order valence-corrected chi connectivity index (χ4v) is 1.20. The summed E-state index contributed by atoms with van der Waals surface area (Å²) in [5.41, 5.74) is -1.25. The van der Waals surface area contributed by atoms with Crippen molar-refractivity contribution in [3.63, 3.8) is 0 Å². The molecule has 0 saturated heterocycles. The van der Waals surface area contributed by atoms with Crippen molar-refractivity contribution in [1.82, 2.24) is 0 Å². The zero-order chi connectivity index (χ0) is 10.9. The van der Waals surface area contributed by atoms with Gasteiger partial charge in [-0.25, -0.2) is 8.78 Å². The molecule has 0 aliphatic carbocycles. The second-order valence-corrected chi connectivity index (χ2v) is 3.64. The van der Waals surface area contributed by atoms with Crippen LogP contribution in [0.15, 0.2) is 18.2 Å². The van der Waals surface area contributed by atoms with E-state index >= 15 is 0 Å². The van der Waals surface area contributed by atoms with Crippen molar-refractivity contribution >= 4 is 0 Å². The molecule has 1 aromatic rings. The van der Waals surface area contributed by atoms with Crippen molar-refractivity contribution in [3.05, 3.63) is 29.3 Å². The zero-order valence-electron chi connectivity index (χ0n) is 7.96. The van der Waals surface area contributed by atoms with Gasteiger partial charge in [-0.1, -0.05) is 12.1 Å². The van der Waals surface area contributed by atoms with Crippen LogP contribution >= 0.6 is 0 Å². The second-order valence-electron chi connectivity index (χ2n) is 3.64. The molecule has 0 fully saturated rings. The van der Waals surface area contributed by atoms with Crippen LogP contribution in [0.2, 0.25) is 0 Å². The lowest BCUT2D eigenvalue weighted by molar-refractivity contribution is 0.0755. The number of hydrogen-bond donors (Lipinski definition) is 2. The number of benzene rings is 1. The summed E-state index contributed by atoms with van der Waals surface area (Å²) < 4.78 is 24.4. The van der Waals surface area contributed by atoms with E-state index in [2.05, 4.69) is 0 Å². The minimum atomic E-state index is -2.61. The predicted octanol–water partition coefficient (Wildman–Crippen LogP) is 2.56. The topological polar surface area (TPSA) is 40.5 Å². The summed E-state index contributed by atoms with van der Waals surface area (Å²) in [7, 11) is 0. The van der Waals surface area contributed by atoms with Crippen LogP contribution in [-0.4, -0.2) is 10.2 Å². The van der Waals surface area contributed by atoms with Crippen molar-refractivity contribution < 1.29 is 19.0 Å². The van der Waals surface area contributed by atoms with Gasteiger partial charge < -0.3 is 10.2 Å². The van der Waals surface area contributed by atoms with Gasteiger partial charge in [0.25, 0.3) is 6.43 Å². The molecule has 4 heteroatoms. The standard InChI is InChI=1S/C10H12F2O2/c1-10(2,14)7-4-3-6(9(11)12)5-8(7)13/h3-5,9,13-14H,1-2H3. The Kier molecular flexibility index (Phi) is 2.76. The molecule has 0 bridgehead atoms. The summed E-state index contributed by atoms with van der Waals surface area (Å²) in [6.07, 6.45) is -2.61. The number of rotatable bonds is 2. The Morgan fingerprint density at radius 2 is 1.86 bits per heavy atom. The van der Waals surface area contributed by atoms with E-state index in [1.54, 1.807) is 0 Å². The van der Waals surface area contributed by atoms with E-state index in [4.69, 9.17) is 0 Å². The first-order chi connectivity index (χ1) is 6.32. The molecule has 0 heterocycles. The first-order valence-corrected chi connectivity index (χ1v) is 4.16. The van der Waals surface area contributed by atoms with Crippen molar-refractivity contribution in [1.29, 1.82) is 0 Å². The molecule has 0 amide bonds. The van der Waals surface area contributed by atoms with Gasteiger partial charge in [0.05, 0.1) is 5.60 Å². The van der Waals surface area contributed by atoms with Crippen LogP contribution in [0.1, 0.15) is 31.4 Å². The summed E-state index contributed by atoms with van der Waals surface area (Å²) in [6, 6.07) is 3.46. The van der Waals surface area contributed by atoms with Crippen molar-refractivity contribution in [2.45, 2.75) is 25.9 Å². The van der Waals surface area contributed by atoms with Crippen LogP contribution in [-0.2, 0) is 5.60 Å². The van der Waals surface area contributed by atoms with Gasteiger partial charge in [-0.05, 0) is 19.9 Å². The Labute approximate surface area is 80.8 Å². The summed E-state index contributed by atoms with van der Waals surface area (Å²) in [6.45, 7) is 2.95. The quantitative estimate of drug-likeness (QED) is 0.773. The Morgan fingerprint density at radius 3 is 2.21 bits per heavy atom. The first-order valence-electron chi connectivity index (χ1n) is 4.16. The molecular formula is C10H12F2O2. The highest BCUT2D eigenvalue weighted by molar-refractivity contribution is 5.39. The maximum absolute atomic E-state index is 12.2. The lowest BCUT2D eigenvalue weighted by Gasteiger charge is -2.19. The van der Waals surface area contributed by atoms with E-state index in [0.29, 0.717) is 0 Å². The smallest absolute Gasteiger partial charge is 0.263 e. The molecule has 1 aromatic carbocycles. The van der Waals surface area contributed by atoms with E-state index in [1.165, 1.54) is 26.0 Å². The number of aromatic hydroxyl groups is 1. The number of phenols is 1. The molecule has 0 unspecified atom stereocenters. The summed E-state index contributed by atoms with van der Waals surface area (Å²) >= 11 is 0. The highest BCUT2D eigenvalue weighted by Crippen LogP contribution is 2.32. The van der Waals surface area contributed by atoms with Crippen molar-refractivity contribution in [3.8, 4) is 5.75 Å². The van der Waals surface area contributed by atoms with Gasteiger partial charge >= 0.3 is 0 Å². The number of phenolic OH excluding ortho intramolecular Hbond substituents is 1. The van der Waals surface area contributed by atoms with Gasteiger partial charge in [-0.3, -0.25) is 0 Å². The SMILES string of the molecule is CC(C)(O)c1ccc(C(F)F)cc1O. The normalized spacial score (nSPS) is 12.1. The van der Waals surface area contributed by atoms with Gasteiger partial charge in [-0.2, -0.15) is 0 Å². The molecule has 1 rings (SSSR count). The summed E-state index contributed by atoms with van der Waals surface area (Å²) in [5, 5.41) is 18.9. The van der Waals surface area contributed by atoms with Gasteiger partial charge in [0, 0.05) is 11.1 Å². The third kappa shape index (κ3) is 2.20. The van der Waals surface area contributed by atoms with Crippen LogP contribution in [0.25, 0.3) is 0 Å². The third-order valence-corrected chi connectivity index (χ3v) is 1.93. The highest BCUT2D eigenvalue weighted by Gasteiger charge is 2.21. The first kappa shape index (κ1) is 10.9. The van der Waals surface area contributed by atoms with Crippen LogP contribution in [0, 0.1) is 0 Å². The van der Waals surface area contributed by atoms with E-state index < -0.39 is 12.0 Å². The van der Waals surface area contributed by atoms with Gasteiger partial charge in [-0.15, -0.1) is 0 Å². The molecule has 0 aromatic heterocycles. The molecule has 0 aliphatic heterocycles.